The average molecular weight is 484 g/mol. The van der Waals surface area contributed by atoms with Crippen molar-refractivity contribution in [3.63, 3.8) is 0 Å². The molecule has 0 bridgehead atoms. The fraction of sp³-hybridized carbons (Fsp3) is 0.222. The van der Waals surface area contributed by atoms with Gasteiger partial charge in [-0.1, -0.05) is 29.3 Å². The van der Waals surface area contributed by atoms with Crippen LogP contribution in [0.4, 0.5) is 0 Å². The Balaban J connectivity index is 0.000000162. The monoisotopic (exact) mass is 482 g/mol. The summed E-state index contributed by atoms with van der Waals surface area (Å²) in [4.78, 5) is 0. The van der Waals surface area contributed by atoms with Gasteiger partial charge in [0, 0.05) is 46.2 Å². The molecule has 0 amide bonds. The summed E-state index contributed by atoms with van der Waals surface area (Å²) in [7, 11) is -1.55. The molecule has 10 heteroatoms. The average Bonchev–Trinajstić information content (AvgIpc) is 3.29. The lowest BCUT2D eigenvalue weighted by Crippen LogP contribution is -2.30. The van der Waals surface area contributed by atoms with Gasteiger partial charge in [0.1, 0.15) is 0 Å². The maximum Gasteiger partial charge on any atom is 0.489 e. The van der Waals surface area contributed by atoms with Gasteiger partial charge in [0.05, 0.1) is 21.1 Å². The number of fused-ring (bicyclic) bond motifs is 2. The second-order valence-electron chi connectivity index (χ2n) is 6.04. The molecule has 0 radical (unpaired) electrons. The highest BCUT2D eigenvalue weighted by molar-refractivity contribution is 9.10. The van der Waals surface area contributed by atoms with E-state index in [2.05, 4.69) is 33.1 Å². The molecule has 0 saturated heterocycles. The normalized spacial score (nSPS) is 11.0. The number of hydrogen-bond acceptors (Lipinski definition) is 4. The number of nitrogens with zero attached hydrogens (tertiary/aromatic N) is 4. The van der Waals surface area contributed by atoms with Gasteiger partial charge in [-0.3, -0.25) is 9.36 Å². The molecule has 0 atom stereocenters. The summed E-state index contributed by atoms with van der Waals surface area (Å²) in [5.41, 5.74) is 2.00. The zero-order valence-corrected chi connectivity index (χ0v) is 18.4. The van der Waals surface area contributed by atoms with Crippen LogP contribution in [0.15, 0.2) is 41.1 Å². The van der Waals surface area contributed by atoms with E-state index in [4.69, 9.17) is 33.2 Å². The summed E-state index contributed by atoms with van der Waals surface area (Å²) < 4.78 is 4.55. The predicted molar refractivity (Wildman–Crippen MR) is 118 cm³/mol. The van der Waals surface area contributed by atoms with E-state index in [1.54, 1.807) is 23.0 Å². The minimum absolute atomic E-state index is 0.305. The molecule has 4 rings (SSSR count). The number of aryl methyl sites for hydroxylation is 2. The van der Waals surface area contributed by atoms with Crippen LogP contribution in [0.2, 0.25) is 10.0 Å². The second kappa shape index (κ2) is 8.84. The SMILES string of the molecule is CCn1cc2c(Cl)c(B(O)O)ccc2n1.CCn1cc2c(Cl)c(Br)ccc2n1. The van der Waals surface area contributed by atoms with E-state index in [9.17, 15) is 0 Å². The van der Waals surface area contributed by atoms with Crippen molar-refractivity contribution in [3.05, 3.63) is 51.2 Å². The van der Waals surface area contributed by atoms with Crippen LogP contribution in [0, 0.1) is 0 Å². The van der Waals surface area contributed by atoms with Gasteiger partial charge in [-0.15, -0.1) is 0 Å². The minimum atomic E-state index is -1.55. The van der Waals surface area contributed by atoms with E-state index >= 15 is 0 Å². The molecule has 0 saturated carbocycles. The molecule has 0 aliphatic heterocycles. The van der Waals surface area contributed by atoms with Crippen molar-refractivity contribution in [1.82, 2.24) is 19.6 Å². The number of benzene rings is 2. The number of aromatic nitrogens is 4. The molecular formula is C18H18BBrCl2N4O2. The lowest BCUT2D eigenvalue weighted by molar-refractivity contribution is 0.426. The minimum Gasteiger partial charge on any atom is -0.423 e. The molecule has 6 nitrogen and oxygen atoms in total. The van der Waals surface area contributed by atoms with Gasteiger partial charge < -0.3 is 10.0 Å². The van der Waals surface area contributed by atoms with E-state index in [1.165, 1.54) is 0 Å². The van der Waals surface area contributed by atoms with Crippen LogP contribution in [0.1, 0.15) is 13.8 Å². The topological polar surface area (TPSA) is 76.1 Å². The lowest BCUT2D eigenvalue weighted by Gasteiger charge is -2.02. The summed E-state index contributed by atoms with van der Waals surface area (Å²) >= 11 is 15.5. The van der Waals surface area contributed by atoms with E-state index < -0.39 is 7.12 Å². The number of halogens is 3. The van der Waals surface area contributed by atoms with Crippen LogP contribution >= 0.6 is 39.1 Å². The third kappa shape index (κ3) is 4.21. The highest BCUT2D eigenvalue weighted by atomic mass is 79.9. The molecule has 0 unspecified atom stereocenters. The standard InChI is InChI=1S/C9H10BClN2O2.C9H8BrClN2/c1-2-13-5-6-8(12-13)4-3-7(9(6)11)10(14)15;1-2-13-5-6-8(12-13)4-3-7(10)9(6)11/h3-5,14-15H,2H2,1H3;3-5H,2H2,1H3. The van der Waals surface area contributed by atoms with Crippen molar-refractivity contribution in [2.45, 2.75) is 26.9 Å². The molecular weight excluding hydrogens is 466 g/mol. The van der Waals surface area contributed by atoms with E-state index in [0.29, 0.717) is 10.5 Å². The third-order valence-electron chi connectivity index (χ3n) is 4.25. The fourth-order valence-corrected chi connectivity index (χ4v) is 3.59. The Kier molecular flexibility index (Phi) is 6.67. The summed E-state index contributed by atoms with van der Waals surface area (Å²) in [6.45, 7) is 5.64. The molecule has 4 aromatic rings. The summed E-state index contributed by atoms with van der Waals surface area (Å²) in [6, 6.07) is 7.17. The maximum absolute atomic E-state index is 9.07. The van der Waals surface area contributed by atoms with Crippen molar-refractivity contribution in [2.24, 2.45) is 0 Å². The first kappa shape index (κ1) is 21.1. The van der Waals surface area contributed by atoms with E-state index in [1.807, 2.05) is 29.9 Å². The largest absolute Gasteiger partial charge is 0.489 e. The number of rotatable bonds is 3. The summed E-state index contributed by atoms with van der Waals surface area (Å²) in [6.07, 6.45) is 3.76. The smallest absolute Gasteiger partial charge is 0.423 e. The van der Waals surface area contributed by atoms with Crippen LogP contribution in [0.3, 0.4) is 0 Å². The molecule has 0 spiro atoms. The predicted octanol–water partition coefficient (Wildman–Crippen LogP) is 3.86. The van der Waals surface area contributed by atoms with Crippen molar-refractivity contribution in [2.75, 3.05) is 0 Å². The first-order chi connectivity index (χ1) is 13.3. The van der Waals surface area contributed by atoms with Gasteiger partial charge in [0.2, 0.25) is 0 Å². The molecule has 146 valence electrons. The molecule has 2 aromatic heterocycles. The van der Waals surface area contributed by atoms with E-state index in [0.717, 1.165) is 44.4 Å². The van der Waals surface area contributed by atoms with Gasteiger partial charge in [-0.05, 0) is 48.0 Å². The van der Waals surface area contributed by atoms with Crippen LogP contribution in [-0.2, 0) is 13.1 Å². The van der Waals surface area contributed by atoms with Crippen LogP contribution in [0.5, 0.6) is 0 Å². The highest BCUT2D eigenvalue weighted by Gasteiger charge is 2.18. The zero-order valence-electron chi connectivity index (χ0n) is 15.3. The Hall–Kier alpha value is -1.58. The van der Waals surface area contributed by atoms with Gasteiger partial charge in [-0.25, -0.2) is 0 Å². The first-order valence-corrected chi connectivity index (χ1v) is 10.2. The van der Waals surface area contributed by atoms with Gasteiger partial charge in [-0.2, -0.15) is 10.2 Å². The number of hydrogen-bond donors (Lipinski definition) is 2. The first-order valence-electron chi connectivity index (χ1n) is 8.68. The quantitative estimate of drug-likeness (QED) is 0.434. The molecule has 2 heterocycles. The second-order valence-corrected chi connectivity index (χ2v) is 7.65. The van der Waals surface area contributed by atoms with E-state index in [-0.39, 0.29) is 0 Å². The Morgan fingerprint density at radius 1 is 0.893 bits per heavy atom. The maximum atomic E-state index is 9.07. The third-order valence-corrected chi connectivity index (χ3v) is 5.97. The molecule has 2 N–H and O–H groups in total. The molecule has 0 aliphatic rings. The fourth-order valence-electron chi connectivity index (χ4n) is 2.73. The molecule has 0 fully saturated rings. The van der Waals surface area contributed by atoms with Gasteiger partial charge >= 0.3 is 7.12 Å². The van der Waals surface area contributed by atoms with Crippen LogP contribution in [-0.4, -0.2) is 36.7 Å². The summed E-state index contributed by atoms with van der Waals surface area (Å²) in [5, 5.41) is 29.6. The molecule has 28 heavy (non-hydrogen) atoms. The van der Waals surface area contributed by atoms with Crippen LogP contribution in [0.25, 0.3) is 21.8 Å². The summed E-state index contributed by atoms with van der Waals surface area (Å²) in [5.74, 6) is 0. The lowest BCUT2D eigenvalue weighted by atomic mass is 9.80. The highest BCUT2D eigenvalue weighted by Crippen LogP contribution is 2.30. The van der Waals surface area contributed by atoms with Crippen molar-refractivity contribution < 1.29 is 10.0 Å². The Labute approximate surface area is 180 Å². The van der Waals surface area contributed by atoms with Gasteiger partial charge in [0.25, 0.3) is 0 Å². The van der Waals surface area contributed by atoms with Crippen molar-refractivity contribution >= 4 is 73.5 Å². The Morgan fingerprint density at radius 2 is 1.39 bits per heavy atom. The van der Waals surface area contributed by atoms with Crippen molar-refractivity contribution in [1.29, 1.82) is 0 Å². The zero-order chi connectivity index (χ0) is 20.4. The van der Waals surface area contributed by atoms with Crippen LogP contribution < -0.4 is 5.46 Å². The molecule has 2 aromatic carbocycles. The Bertz CT molecular complexity index is 1130. The van der Waals surface area contributed by atoms with Gasteiger partial charge in [0.15, 0.2) is 0 Å². The van der Waals surface area contributed by atoms with Crippen molar-refractivity contribution in [3.8, 4) is 0 Å². The molecule has 0 aliphatic carbocycles. The Morgan fingerprint density at radius 3 is 1.89 bits per heavy atom.